The number of imide groups is 1. The maximum absolute atomic E-state index is 14.3. The Morgan fingerprint density at radius 3 is 2.25 bits per heavy atom. The number of halogens is 1. The van der Waals surface area contributed by atoms with E-state index in [2.05, 4.69) is 5.32 Å². The molecule has 0 atom stereocenters. The van der Waals surface area contributed by atoms with Gasteiger partial charge in [0.2, 0.25) is 5.91 Å². The van der Waals surface area contributed by atoms with Crippen molar-refractivity contribution in [3.05, 3.63) is 64.8 Å². The van der Waals surface area contributed by atoms with Crippen LogP contribution in [-0.4, -0.2) is 23.0 Å². The minimum Gasteiger partial charge on any atom is -0.326 e. The summed E-state index contributed by atoms with van der Waals surface area (Å²) in [7, 11) is 0. The maximum atomic E-state index is 14.3. The summed E-state index contributed by atoms with van der Waals surface area (Å²) in [5, 5.41) is 2.71. The molecule has 0 bridgehead atoms. The highest BCUT2D eigenvalue weighted by atomic mass is 32.2. The largest absolute Gasteiger partial charge is 0.326 e. The molecule has 0 unspecified atom stereocenters. The second-order valence-corrected chi connectivity index (χ2v) is 8.11. The topological polar surface area (TPSA) is 66.5 Å². The Hall–Kier alpha value is -2.93. The summed E-state index contributed by atoms with van der Waals surface area (Å²) < 4.78 is 14.3. The molecule has 0 fully saturated rings. The quantitative estimate of drug-likeness (QED) is 0.766. The lowest BCUT2D eigenvalue weighted by molar-refractivity contribution is -0.120. The molecular weight excluding hydrogens is 379 g/mol. The zero-order chi connectivity index (χ0) is 20.4. The second kappa shape index (κ2) is 7.98. The molecule has 1 aliphatic heterocycles. The van der Waals surface area contributed by atoms with E-state index in [9.17, 15) is 18.8 Å². The summed E-state index contributed by atoms with van der Waals surface area (Å²) in [5.41, 5.74) is 1.29. The molecule has 0 saturated heterocycles. The van der Waals surface area contributed by atoms with Crippen LogP contribution < -0.4 is 10.2 Å². The lowest BCUT2D eigenvalue weighted by Gasteiger charge is -2.16. The molecule has 28 heavy (non-hydrogen) atoms. The third kappa shape index (κ3) is 3.84. The van der Waals surface area contributed by atoms with E-state index in [1.165, 1.54) is 36.9 Å². The number of hydrogen-bond donors (Lipinski definition) is 1. The van der Waals surface area contributed by atoms with Crippen molar-refractivity contribution in [3.8, 4) is 0 Å². The molecular formula is C21H19FN2O3S. The molecule has 0 spiro atoms. The Kier molecular flexibility index (Phi) is 5.65. The summed E-state index contributed by atoms with van der Waals surface area (Å²) in [6.07, 6.45) is 0. The number of para-hydroxylation sites is 1. The van der Waals surface area contributed by atoms with Crippen LogP contribution in [0.1, 0.15) is 26.3 Å². The van der Waals surface area contributed by atoms with Crippen molar-refractivity contribution in [2.24, 2.45) is 0 Å². The van der Waals surface area contributed by atoms with Crippen LogP contribution in [0.4, 0.5) is 15.8 Å². The summed E-state index contributed by atoms with van der Waals surface area (Å²) in [5.74, 6) is -1.94. The summed E-state index contributed by atoms with van der Waals surface area (Å²) in [6, 6.07) is 12.3. The van der Waals surface area contributed by atoms with Crippen LogP contribution in [0.5, 0.6) is 0 Å². The third-order valence-corrected chi connectivity index (χ3v) is 5.07. The molecule has 0 aliphatic carbocycles. The molecule has 2 aromatic carbocycles. The number of carbonyl (C=O) groups is 3. The van der Waals surface area contributed by atoms with Gasteiger partial charge in [0.1, 0.15) is 5.82 Å². The Morgan fingerprint density at radius 1 is 1.04 bits per heavy atom. The van der Waals surface area contributed by atoms with Crippen LogP contribution in [0.25, 0.3) is 5.57 Å². The van der Waals surface area contributed by atoms with Gasteiger partial charge in [-0.1, -0.05) is 38.1 Å². The summed E-state index contributed by atoms with van der Waals surface area (Å²) in [6.45, 7) is 5.23. The van der Waals surface area contributed by atoms with Crippen LogP contribution in [-0.2, 0) is 14.4 Å². The molecule has 0 aromatic heterocycles. The molecule has 3 rings (SSSR count). The first-order valence-electron chi connectivity index (χ1n) is 8.72. The van der Waals surface area contributed by atoms with Gasteiger partial charge in [-0.15, -0.1) is 11.8 Å². The van der Waals surface area contributed by atoms with Crippen LogP contribution >= 0.6 is 11.8 Å². The zero-order valence-electron chi connectivity index (χ0n) is 15.7. The van der Waals surface area contributed by atoms with E-state index in [4.69, 9.17) is 0 Å². The predicted molar refractivity (Wildman–Crippen MR) is 109 cm³/mol. The van der Waals surface area contributed by atoms with Crippen LogP contribution in [0.3, 0.4) is 0 Å². The van der Waals surface area contributed by atoms with Crippen LogP contribution in [0.15, 0.2) is 53.4 Å². The first-order valence-corrected chi connectivity index (χ1v) is 9.60. The normalized spacial score (nSPS) is 14.2. The number of carbonyl (C=O) groups excluding carboxylic acids is 3. The van der Waals surface area contributed by atoms with Crippen molar-refractivity contribution < 1.29 is 18.8 Å². The van der Waals surface area contributed by atoms with Gasteiger partial charge in [-0.25, -0.2) is 9.29 Å². The number of benzene rings is 2. The van der Waals surface area contributed by atoms with Gasteiger partial charge >= 0.3 is 0 Å². The zero-order valence-corrected chi connectivity index (χ0v) is 16.5. The lowest BCUT2D eigenvalue weighted by atomic mass is 10.1. The van der Waals surface area contributed by atoms with E-state index >= 15 is 0 Å². The number of thioether (sulfide) groups is 1. The van der Waals surface area contributed by atoms with Gasteiger partial charge in [0, 0.05) is 17.9 Å². The molecule has 0 saturated carbocycles. The monoisotopic (exact) mass is 398 g/mol. The summed E-state index contributed by atoms with van der Waals surface area (Å²) in [4.78, 5) is 38.5. The van der Waals surface area contributed by atoms with Gasteiger partial charge in [0.15, 0.2) is 0 Å². The van der Waals surface area contributed by atoms with E-state index in [1.807, 2.05) is 13.8 Å². The maximum Gasteiger partial charge on any atom is 0.272 e. The van der Waals surface area contributed by atoms with Crippen LogP contribution in [0.2, 0.25) is 0 Å². The fourth-order valence-corrected chi connectivity index (χ4v) is 3.87. The molecule has 0 radical (unpaired) electrons. The van der Waals surface area contributed by atoms with Crippen molar-refractivity contribution in [1.82, 2.24) is 0 Å². The minimum atomic E-state index is -0.639. The molecule has 144 valence electrons. The molecule has 5 nitrogen and oxygen atoms in total. The number of nitrogens with one attached hydrogen (secondary N) is 1. The number of hydrogen-bond acceptors (Lipinski definition) is 4. The van der Waals surface area contributed by atoms with E-state index in [-0.39, 0.29) is 27.3 Å². The van der Waals surface area contributed by atoms with Crippen LogP contribution in [0, 0.1) is 5.82 Å². The fraction of sp³-hybridized carbons (Fsp3) is 0.190. The number of nitrogens with zero attached hydrogens (tertiary/aromatic N) is 1. The molecule has 1 N–H and O–H groups in total. The van der Waals surface area contributed by atoms with Gasteiger partial charge in [-0.05, 0) is 29.8 Å². The van der Waals surface area contributed by atoms with Crippen molar-refractivity contribution in [2.75, 3.05) is 10.2 Å². The average Bonchev–Trinajstić information content (AvgIpc) is 2.86. The molecule has 3 amide bonds. The predicted octanol–water partition coefficient (Wildman–Crippen LogP) is 4.21. The SMILES string of the molecule is CC(=O)Nc1ccc(C2=C(SC(C)C)C(=O)N(c3ccccc3F)C2=O)cc1. The Morgan fingerprint density at radius 2 is 1.68 bits per heavy atom. The van der Waals surface area contributed by atoms with Crippen molar-refractivity contribution in [1.29, 1.82) is 0 Å². The van der Waals surface area contributed by atoms with E-state index in [0.29, 0.717) is 11.3 Å². The molecule has 1 aliphatic rings. The van der Waals surface area contributed by atoms with E-state index in [1.54, 1.807) is 30.3 Å². The Balaban J connectivity index is 2.06. The highest BCUT2D eigenvalue weighted by molar-refractivity contribution is 8.04. The number of anilines is 2. The van der Waals surface area contributed by atoms with Crippen molar-refractivity contribution >= 4 is 46.4 Å². The molecule has 7 heteroatoms. The lowest BCUT2D eigenvalue weighted by Crippen LogP contribution is -2.32. The number of amides is 3. The molecule has 2 aromatic rings. The van der Waals surface area contributed by atoms with Gasteiger partial charge in [0.05, 0.1) is 16.2 Å². The van der Waals surface area contributed by atoms with Gasteiger partial charge in [-0.2, -0.15) is 0 Å². The van der Waals surface area contributed by atoms with E-state index < -0.39 is 17.6 Å². The molecule has 1 heterocycles. The minimum absolute atomic E-state index is 0.0565. The summed E-state index contributed by atoms with van der Waals surface area (Å²) >= 11 is 1.27. The third-order valence-electron chi connectivity index (χ3n) is 3.98. The van der Waals surface area contributed by atoms with Gasteiger partial charge in [0.25, 0.3) is 11.8 Å². The van der Waals surface area contributed by atoms with Gasteiger partial charge < -0.3 is 5.32 Å². The standard InChI is InChI=1S/C21H19FN2O3S/c1-12(2)28-19-18(14-8-10-15(11-9-14)23-13(3)25)20(26)24(21(19)27)17-7-5-4-6-16(17)22/h4-12H,1-3H3,(H,23,25). The smallest absolute Gasteiger partial charge is 0.272 e. The Bertz CT molecular complexity index is 983. The Labute approximate surface area is 166 Å². The second-order valence-electron chi connectivity index (χ2n) is 6.53. The first-order chi connectivity index (χ1) is 13.3. The highest BCUT2D eigenvalue weighted by Gasteiger charge is 2.41. The van der Waals surface area contributed by atoms with Crippen molar-refractivity contribution in [2.45, 2.75) is 26.0 Å². The average molecular weight is 398 g/mol. The van der Waals surface area contributed by atoms with Gasteiger partial charge in [-0.3, -0.25) is 14.4 Å². The highest BCUT2D eigenvalue weighted by Crippen LogP contribution is 2.40. The first kappa shape index (κ1) is 19.8. The fourth-order valence-electron chi connectivity index (χ4n) is 2.88. The van der Waals surface area contributed by atoms with E-state index in [0.717, 1.165) is 4.90 Å². The van der Waals surface area contributed by atoms with Crippen molar-refractivity contribution in [3.63, 3.8) is 0 Å². The number of rotatable bonds is 5.